The van der Waals surface area contributed by atoms with Crippen molar-refractivity contribution in [1.82, 2.24) is 9.80 Å². The monoisotopic (exact) mass is 428 g/mol. The van der Waals surface area contributed by atoms with Crippen LogP contribution in [0.1, 0.15) is 10.4 Å². The first-order valence-electron chi connectivity index (χ1n) is 8.45. The molecule has 0 atom stereocenters. The normalized spacial score (nSPS) is 14.1. The smallest absolute Gasteiger partial charge is 0.260 e. The zero-order valence-electron chi connectivity index (χ0n) is 14.6. The Kier molecular flexibility index (Phi) is 6.36. The highest BCUT2D eigenvalue weighted by atomic mass is 35.5. The minimum Gasteiger partial charge on any atom is -0.482 e. The van der Waals surface area contributed by atoms with Crippen LogP contribution < -0.4 is 4.74 Å². The third-order valence-electron chi connectivity index (χ3n) is 4.33. The minimum atomic E-state index is -1.07. The van der Waals surface area contributed by atoms with Crippen molar-refractivity contribution in [3.05, 3.63) is 63.6 Å². The summed E-state index contributed by atoms with van der Waals surface area (Å²) in [7, 11) is 0. The number of halogens is 4. The number of hydrogen-bond acceptors (Lipinski definition) is 3. The fourth-order valence-electron chi connectivity index (χ4n) is 2.79. The van der Waals surface area contributed by atoms with Crippen LogP contribution in [0.5, 0.6) is 5.75 Å². The van der Waals surface area contributed by atoms with Gasteiger partial charge in [0.15, 0.2) is 18.2 Å². The van der Waals surface area contributed by atoms with Crippen LogP contribution in [0.4, 0.5) is 8.78 Å². The summed E-state index contributed by atoms with van der Waals surface area (Å²) in [4.78, 5) is 27.8. The molecule has 9 heteroatoms. The van der Waals surface area contributed by atoms with Crippen molar-refractivity contribution < 1.29 is 23.1 Å². The highest BCUT2D eigenvalue weighted by molar-refractivity contribution is 6.34. The van der Waals surface area contributed by atoms with E-state index >= 15 is 0 Å². The number of amides is 2. The van der Waals surface area contributed by atoms with Gasteiger partial charge in [-0.25, -0.2) is 8.78 Å². The van der Waals surface area contributed by atoms with Gasteiger partial charge >= 0.3 is 0 Å². The Balaban J connectivity index is 1.53. The number of piperazine rings is 1. The van der Waals surface area contributed by atoms with Gasteiger partial charge < -0.3 is 14.5 Å². The van der Waals surface area contributed by atoms with Gasteiger partial charge in [-0.15, -0.1) is 0 Å². The Morgan fingerprint density at radius 2 is 1.61 bits per heavy atom. The number of carbonyl (C=O) groups excluding carboxylic acids is 2. The molecule has 5 nitrogen and oxygen atoms in total. The summed E-state index contributed by atoms with van der Waals surface area (Å²) in [5.74, 6) is -2.43. The van der Waals surface area contributed by atoms with Gasteiger partial charge in [0.1, 0.15) is 5.75 Å². The molecule has 0 aromatic heterocycles. The molecule has 3 rings (SSSR count). The van der Waals surface area contributed by atoms with E-state index in [2.05, 4.69) is 0 Å². The first kappa shape index (κ1) is 20.4. The van der Waals surface area contributed by atoms with E-state index in [1.54, 1.807) is 17.0 Å². The van der Waals surface area contributed by atoms with E-state index < -0.39 is 17.5 Å². The molecule has 1 saturated heterocycles. The quantitative estimate of drug-likeness (QED) is 0.746. The molecule has 1 aliphatic rings. The van der Waals surface area contributed by atoms with Crippen molar-refractivity contribution in [2.24, 2.45) is 0 Å². The summed E-state index contributed by atoms with van der Waals surface area (Å²) in [5.41, 5.74) is 0.0672. The SMILES string of the molecule is O=C(COc1cc(Cl)ccc1Cl)N1CCN(C(=O)c2ccc(F)c(F)c2)CC1. The number of benzene rings is 2. The first-order chi connectivity index (χ1) is 13.3. The Hall–Kier alpha value is -2.38. The lowest BCUT2D eigenvalue weighted by Gasteiger charge is -2.34. The van der Waals surface area contributed by atoms with Gasteiger partial charge in [-0.1, -0.05) is 23.2 Å². The summed E-state index contributed by atoms with van der Waals surface area (Å²) in [6.07, 6.45) is 0. The highest BCUT2D eigenvalue weighted by Gasteiger charge is 2.25. The van der Waals surface area contributed by atoms with Crippen molar-refractivity contribution in [3.63, 3.8) is 0 Å². The van der Waals surface area contributed by atoms with Crippen LogP contribution >= 0.6 is 23.2 Å². The topological polar surface area (TPSA) is 49.9 Å². The van der Waals surface area contributed by atoms with Crippen molar-refractivity contribution in [1.29, 1.82) is 0 Å². The molecule has 1 fully saturated rings. The molecule has 0 N–H and O–H groups in total. The van der Waals surface area contributed by atoms with E-state index in [0.717, 1.165) is 12.1 Å². The summed E-state index contributed by atoms with van der Waals surface area (Å²) in [5, 5.41) is 0.787. The molecular weight excluding hydrogens is 413 g/mol. The average Bonchev–Trinajstić information content (AvgIpc) is 2.70. The molecule has 2 aromatic carbocycles. The number of hydrogen-bond donors (Lipinski definition) is 0. The molecule has 2 amide bonds. The minimum absolute atomic E-state index is 0.0672. The molecule has 0 bridgehead atoms. The molecule has 28 heavy (non-hydrogen) atoms. The van der Waals surface area contributed by atoms with Gasteiger partial charge in [0.05, 0.1) is 5.02 Å². The van der Waals surface area contributed by atoms with Gasteiger partial charge in [-0.2, -0.15) is 0 Å². The van der Waals surface area contributed by atoms with E-state index in [1.165, 1.54) is 17.0 Å². The highest BCUT2D eigenvalue weighted by Crippen LogP contribution is 2.27. The van der Waals surface area contributed by atoms with E-state index in [-0.39, 0.29) is 31.2 Å². The van der Waals surface area contributed by atoms with Crippen molar-refractivity contribution in [3.8, 4) is 5.75 Å². The van der Waals surface area contributed by atoms with Gasteiger partial charge in [0.2, 0.25) is 0 Å². The van der Waals surface area contributed by atoms with Crippen LogP contribution in [-0.4, -0.2) is 54.4 Å². The van der Waals surface area contributed by atoms with Gasteiger partial charge in [-0.05, 0) is 30.3 Å². The largest absolute Gasteiger partial charge is 0.482 e. The van der Waals surface area contributed by atoms with E-state index in [4.69, 9.17) is 27.9 Å². The van der Waals surface area contributed by atoms with Gasteiger partial charge in [0.25, 0.3) is 11.8 Å². The Labute approximate surface area is 170 Å². The van der Waals surface area contributed by atoms with Crippen molar-refractivity contribution in [2.45, 2.75) is 0 Å². The van der Waals surface area contributed by atoms with Crippen molar-refractivity contribution >= 4 is 35.0 Å². The molecule has 0 unspecified atom stereocenters. The molecule has 0 radical (unpaired) electrons. The van der Waals surface area contributed by atoms with Crippen LogP contribution in [-0.2, 0) is 4.79 Å². The fourth-order valence-corrected chi connectivity index (χ4v) is 3.12. The van der Waals surface area contributed by atoms with E-state index in [0.29, 0.717) is 28.9 Å². The molecular formula is C19H16Cl2F2N2O3. The molecule has 1 aliphatic heterocycles. The second-order valence-corrected chi connectivity index (χ2v) is 7.01. The van der Waals surface area contributed by atoms with Crippen LogP contribution in [0.15, 0.2) is 36.4 Å². The van der Waals surface area contributed by atoms with Gasteiger partial charge in [0, 0.05) is 42.8 Å². The van der Waals surface area contributed by atoms with Crippen LogP contribution in [0.25, 0.3) is 0 Å². The maximum atomic E-state index is 13.3. The number of ether oxygens (including phenoxy) is 1. The Morgan fingerprint density at radius 1 is 0.929 bits per heavy atom. The van der Waals surface area contributed by atoms with Crippen LogP contribution in [0.2, 0.25) is 10.0 Å². The molecule has 148 valence electrons. The summed E-state index contributed by atoms with van der Waals surface area (Å²) in [6.45, 7) is 0.960. The Bertz CT molecular complexity index is 903. The zero-order valence-corrected chi connectivity index (χ0v) is 16.1. The lowest BCUT2D eigenvalue weighted by atomic mass is 10.1. The molecule has 0 spiro atoms. The third-order valence-corrected chi connectivity index (χ3v) is 4.88. The first-order valence-corrected chi connectivity index (χ1v) is 9.20. The lowest BCUT2D eigenvalue weighted by Crippen LogP contribution is -2.51. The number of nitrogens with zero attached hydrogens (tertiary/aromatic N) is 2. The Morgan fingerprint density at radius 3 is 2.29 bits per heavy atom. The fraction of sp³-hybridized carbons (Fsp3) is 0.263. The second kappa shape index (κ2) is 8.75. The van der Waals surface area contributed by atoms with Crippen LogP contribution in [0, 0.1) is 11.6 Å². The zero-order chi connectivity index (χ0) is 20.3. The number of carbonyl (C=O) groups is 2. The van der Waals surface area contributed by atoms with Crippen LogP contribution in [0.3, 0.4) is 0 Å². The maximum absolute atomic E-state index is 13.3. The second-order valence-electron chi connectivity index (χ2n) is 6.17. The number of rotatable bonds is 4. The molecule has 0 aliphatic carbocycles. The maximum Gasteiger partial charge on any atom is 0.260 e. The summed E-state index contributed by atoms with van der Waals surface area (Å²) in [6, 6.07) is 7.74. The third kappa shape index (κ3) is 4.72. The van der Waals surface area contributed by atoms with Crippen molar-refractivity contribution in [2.75, 3.05) is 32.8 Å². The van der Waals surface area contributed by atoms with Gasteiger partial charge in [-0.3, -0.25) is 9.59 Å². The molecule has 0 saturated carbocycles. The lowest BCUT2D eigenvalue weighted by molar-refractivity contribution is -0.134. The predicted octanol–water partition coefficient (Wildman–Crippen LogP) is 3.64. The summed E-state index contributed by atoms with van der Waals surface area (Å²) < 4.78 is 31.8. The summed E-state index contributed by atoms with van der Waals surface area (Å²) >= 11 is 11.9. The standard InChI is InChI=1S/C19H16Cl2F2N2O3/c20-13-2-3-14(21)17(10-13)28-11-18(26)24-5-7-25(8-6-24)19(27)12-1-4-15(22)16(23)9-12/h1-4,9-10H,5-8,11H2. The molecule has 1 heterocycles. The predicted molar refractivity (Wildman–Crippen MR) is 101 cm³/mol. The van der Waals surface area contributed by atoms with E-state index in [1.807, 2.05) is 0 Å². The van der Waals surface area contributed by atoms with E-state index in [9.17, 15) is 18.4 Å². The average molecular weight is 429 g/mol. The molecule has 2 aromatic rings.